The van der Waals surface area contributed by atoms with Gasteiger partial charge in [-0.3, -0.25) is 0 Å². The van der Waals surface area contributed by atoms with Crippen molar-refractivity contribution in [3.63, 3.8) is 0 Å². The molecule has 0 spiro atoms. The van der Waals surface area contributed by atoms with Crippen molar-refractivity contribution >= 4 is 46.3 Å². The summed E-state index contributed by atoms with van der Waals surface area (Å²) in [5.74, 6) is 0.511. The van der Waals surface area contributed by atoms with Crippen LogP contribution < -0.4 is 9.80 Å². The lowest BCUT2D eigenvalue weighted by molar-refractivity contribution is 0.529. The Morgan fingerprint density at radius 1 is 0.525 bits per heavy atom. The number of hydrogen-bond donors (Lipinski definition) is 0. The monoisotopic (exact) mass is 796 g/mol. The largest absolute Gasteiger partial charge is 0.358 e. The summed E-state index contributed by atoms with van der Waals surface area (Å²) >= 11 is 4.32. The van der Waals surface area contributed by atoms with Crippen molar-refractivity contribution in [1.82, 2.24) is 0 Å². The number of hydrogen-bond acceptors (Lipinski definition) is 4. The molecule has 0 aromatic heterocycles. The number of allylic oxidation sites excluding steroid dienone is 2. The molecule has 0 saturated carbocycles. The van der Waals surface area contributed by atoms with E-state index >= 15 is 0 Å². The molecular weight excluding hydrogens is 753 g/mol. The quantitative estimate of drug-likeness (QED) is 0.165. The van der Waals surface area contributed by atoms with Crippen LogP contribution in [0.3, 0.4) is 0 Å². The molecule has 2 saturated heterocycles. The second-order valence-electron chi connectivity index (χ2n) is 17.1. The van der Waals surface area contributed by atoms with Crippen molar-refractivity contribution in [2.24, 2.45) is 5.92 Å². The molecule has 0 radical (unpaired) electrons. The number of nitrogens with zero attached hydrogens (tertiary/aromatic N) is 2. The van der Waals surface area contributed by atoms with Gasteiger partial charge in [-0.15, -0.1) is 23.5 Å². The number of thioether (sulfide) groups is 2. The van der Waals surface area contributed by atoms with Crippen LogP contribution in [-0.4, -0.2) is 21.8 Å². The molecule has 0 amide bonds. The molecule has 2 nitrogen and oxygen atoms in total. The van der Waals surface area contributed by atoms with E-state index < -0.39 is 0 Å². The molecule has 7 aromatic rings. The van der Waals surface area contributed by atoms with Gasteiger partial charge in [0.05, 0.1) is 12.1 Å². The summed E-state index contributed by atoms with van der Waals surface area (Å²) in [6.45, 7) is 4.75. The standard InChI is InChI=1S/C55H44N2S2/c1-55(2)47-20-9-6-15-43(47)44-19-12-18-42(50(44)55)37-25-29-39(30-26-37)56(38-27-23-36(24-28-38)35-13-4-3-5-14-35)40-31-33-41(34-32-40)57-51-45-16-7-10-21-48(45)58-53(51)54-52(57)46-17-8-11-22-49(46)59-54/h3-34,45,48,51-54H,1-2H3. The topological polar surface area (TPSA) is 6.48 Å². The van der Waals surface area contributed by atoms with Crippen LogP contribution in [0, 0.1) is 5.92 Å². The Bertz CT molecular complexity index is 2790. The maximum Gasteiger partial charge on any atom is 0.0690 e. The fraction of sp³-hybridized carbons (Fsp3) is 0.164. The molecule has 5 aliphatic rings. The average Bonchev–Trinajstić information content (AvgIpc) is 4.01. The van der Waals surface area contributed by atoms with E-state index in [4.69, 9.17) is 0 Å². The van der Waals surface area contributed by atoms with Crippen LogP contribution in [0.15, 0.2) is 199 Å². The van der Waals surface area contributed by atoms with Gasteiger partial charge in [-0.2, -0.15) is 0 Å². The summed E-state index contributed by atoms with van der Waals surface area (Å²) in [5, 5.41) is 1.65. The van der Waals surface area contributed by atoms with Gasteiger partial charge in [0.2, 0.25) is 0 Å². The first-order valence-corrected chi connectivity index (χ1v) is 22.8. The van der Waals surface area contributed by atoms with Crippen LogP contribution in [0.25, 0.3) is 33.4 Å². The van der Waals surface area contributed by atoms with Crippen molar-refractivity contribution in [3.8, 4) is 33.4 Å². The molecule has 59 heavy (non-hydrogen) atoms. The van der Waals surface area contributed by atoms with Gasteiger partial charge in [-0.1, -0.05) is 153 Å². The minimum Gasteiger partial charge on any atom is -0.358 e. The zero-order valence-electron chi connectivity index (χ0n) is 33.2. The van der Waals surface area contributed by atoms with Crippen LogP contribution in [0.5, 0.6) is 0 Å². The molecule has 3 aliphatic heterocycles. The highest BCUT2D eigenvalue weighted by atomic mass is 32.2. The molecule has 2 fully saturated rings. The maximum absolute atomic E-state index is 2.81. The number of rotatable bonds is 6. The summed E-state index contributed by atoms with van der Waals surface area (Å²) < 4.78 is 0. The molecule has 6 atom stereocenters. The number of benzene rings is 7. The first kappa shape index (κ1) is 35.3. The fourth-order valence-corrected chi connectivity index (χ4v) is 14.6. The van der Waals surface area contributed by atoms with E-state index in [-0.39, 0.29) is 5.41 Å². The first-order chi connectivity index (χ1) is 29.0. The van der Waals surface area contributed by atoms with Crippen LogP contribution in [0.2, 0.25) is 0 Å². The van der Waals surface area contributed by atoms with Gasteiger partial charge in [-0.05, 0) is 105 Å². The van der Waals surface area contributed by atoms with Crippen molar-refractivity contribution < 1.29 is 0 Å². The average molecular weight is 797 g/mol. The molecule has 0 bridgehead atoms. The lowest BCUT2D eigenvalue weighted by Gasteiger charge is -2.36. The molecule has 12 rings (SSSR count). The Labute approximate surface area is 356 Å². The zero-order valence-corrected chi connectivity index (χ0v) is 34.8. The highest BCUT2D eigenvalue weighted by molar-refractivity contribution is 8.04. The van der Waals surface area contributed by atoms with Crippen molar-refractivity contribution in [3.05, 3.63) is 211 Å². The summed E-state index contributed by atoms with van der Waals surface area (Å²) in [5.41, 5.74) is 16.7. The molecule has 286 valence electrons. The molecule has 3 heterocycles. The van der Waals surface area contributed by atoms with E-state index in [0.29, 0.717) is 33.8 Å². The van der Waals surface area contributed by atoms with E-state index in [0.717, 1.165) is 17.1 Å². The van der Waals surface area contributed by atoms with Crippen molar-refractivity contribution in [1.29, 1.82) is 0 Å². The van der Waals surface area contributed by atoms with Crippen LogP contribution >= 0.6 is 23.5 Å². The predicted molar refractivity (Wildman–Crippen MR) is 252 cm³/mol. The third-order valence-electron chi connectivity index (χ3n) is 13.6. The van der Waals surface area contributed by atoms with Gasteiger partial charge in [0.1, 0.15) is 0 Å². The normalized spacial score (nSPS) is 23.6. The summed E-state index contributed by atoms with van der Waals surface area (Å²) in [6.07, 6.45) is 9.45. The van der Waals surface area contributed by atoms with Gasteiger partial charge in [0.15, 0.2) is 0 Å². The maximum atomic E-state index is 2.81. The molecule has 4 heteroatoms. The third kappa shape index (κ3) is 5.49. The second-order valence-corrected chi connectivity index (χ2v) is 19.7. The van der Waals surface area contributed by atoms with Crippen molar-refractivity contribution in [2.75, 3.05) is 9.80 Å². The predicted octanol–water partition coefficient (Wildman–Crippen LogP) is 14.4. The SMILES string of the molecule is CC1(C)c2ccccc2-c2cccc(-c3ccc(N(c4ccc(-c5ccccc5)cc4)c4ccc(N5C6c7ccccc7SC6C6SC7C=CC=CC7C65)cc4)cc3)c21. The molecule has 7 aromatic carbocycles. The second kappa shape index (κ2) is 13.7. The number of anilines is 4. The summed E-state index contributed by atoms with van der Waals surface area (Å²) in [7, 11) is 0. The van der Waals surface area contributed by atoms with E-state index in [1.807, 2.05) is 0 Å². The van der Waals surface area contributed by atoms with Gasteiger partial charge in [0, 0.05) is 54.7 Å². The highest BCUT2D eigenvalue weighted by Crippen LogP contribution is 2.63. The lowest BCUT2D eigenvalue weighted by Crippen LogP contribution is -2.39. The zero-order chi connectivity index (χ0) is 39.2. The molecule has 6 unspecified atom stereocenters. The van der Waals surface area contributed by atoms with Crippen molar-refractivity contribution in [2.45, 2.75) is 52.0 Å². The van der Waals surface area contributed by atoms with Crippen LogP contribution in [0.4, 0.5) is 22.7 Å². The fourth-order valence-electron chi connectivity index (χ4n) is 11.0. The van der Waals surface area contributed by atoms with E-state index in [2.05, 4.69) is 241 Å². The van der Waals surface area contributed by atoms with Crippen LogP contribution in [0.1, 0.15) is 36.6 Å². The van der Waals surface area contributed by atoms with Crippen LogP contribution in [-0.2, 0) is 5.41 Å². The minimum absolute atomic E-state index is 0.0772. The summed E-state index contributed by atoms with van der Waals surface area (Å²) in [4.78, 5) is 6.68. The Hall–Kier alpha value is -5.68. The Kier molecular flexibility index (Phi) is 8.19. The Morgan fingerprint density at radius 2 is 1.14 bits per heavy atom. The lowest BCUT2D eigenvalue weighted by atomic mass is 9.79. The number of fused-ring (bicyclic) bond motifs is 10. The Morgan fingerprint density at radius 3 is 1.92 bits per heavy atom. The van der Waals surface area contributed by atoms with E-state index in [1.165, 1.54) is 60.7 Å². The first-order valence-electron chi connectivity index (χ1n) is 21.0. The van der Waals surface area contributed by atoms with E-state index in [9.17, 15) is 0 Å². The summed E-state index contributed by atoms with van der Waals surface area (Å²) in [6, 6.07) is 64.2. The van der Waals surface area contributed by atoms with Gasteiger partial charge < -0.3 is 9.80 Å². The molecule has 0 N–H and O–H groups in total. The van der Waals surface area contributed by atoms with Gasteiger partial charge >= 0.3 is 0 Å². The molecular formula is C55H44N2S2. The smallest absolute Gasteiger partial charge is 0.0690 e. The van der Waals surface area contributed by atoms with Gasteiger partial charge in [-0.25, -0.2) is 0 Å². The highest BCUT2D eigenvalue weighted by Gasteiger charge is 2.60. The third-order valence-corrected chi connectivity index (χ3v) is 16.9. The van der Waals surface area contributed by atoms with E-state index in [1.54, 1.807) is 0 Å². The Balaban J connectivity index is 0.934. The molecule has 2 aliphatic carbocycles. The van der Waals surface area contributed by atoms with Gasteiger partial charge in [0.25, 0.3) is 0 Å². The minimum atomic E-state index is -0.0772.